The molecule has 0 amide bonds. The van der Waals surface area contributed by atoms with Crippen molar-refractivity contribution in [3.63, 3.8) is 0 Å². The minimum atomic E-state index is -0.835. The van der Waals surface area contributed by atoms with E-state index in [2.05, 4.69) is 34.6 Å². The highest BCUT2D eigenvalue weighted by Crippen LogP contribution is 2.27. The fraction of sp³-hybridized carbons (Fsp3) is 1.00. The van der Waals surface area contributed by atoms with E-state index in [1.165, 1.54) is 57.8 Å². The Bertz CT molecular complexity index is 243. The Morgan fingerprint density at radius 3 is 1.15 bits per heavy atom. The van der Waals surface area contributed by atoms with E-state index in [4.69, 9.17) is 14.2 Å². The Balaban J connectivity index is 4.58. The van der Waals surface area contributed by atoms with E-state index in [0.29, 0.717) is 5.92 Å². The van der Waals surface area contributed by atoms with Crippen LogP contribution < -0.4 is 0 Å². The second-order valence-corrected chi connectivity index (χ2v) is 8.01. The second-order valence-electron chi connectivity index (χ2n) is 8.01. The quantitative estimate of drug-likeness (QED) is 0.164. The first-order chi connectivity index (χ1) is 12.6. The standard InChI is InChI=1S/C23H48O3/c1-6-9-12-15-18-24-23(21-22(4)5,25-19-16-13-10-7-2)26-20-17-14-11-8-3/h22H,6-21H2,1-5H3. The molecule has 3 heteroatoms. The average Bonchev–Trinajstić information content (AvgIpc) is 2.60. The molecule has 0 aliphatic carbocycles. The molecule has 0 spiro atoms. The molecule has 0 atom stereocenters. The molecule has 0 saturated heterocycles. The predicted octanol–water partition coefficient (Wildman–Crippen LogP) is 7.48. The van der Waals surface area contributed by atoms with E-state index in [9.17, 15) is 0 Å². The molecule has 0 aliphatic heterocycles. The van der Waals surface area contributed by atoms with E-state index in [1.807, 2.05) is 0 Å². The first-order valence-corrected chi connectivity index (χ1v) is 11.5. The predicted molar refractivity (Wildman–Crippen MR) is 112 cm³/mol. The maximum absolute atomic E-state index is 6.26. The molecule has 0 heterocycles. The van der Waals surface area contributed by atoms with Crippen LogP contribution in [0.2, 0.25) is 0 Å². The van der Waals surface area contributed by atoms with Gasteiger partial charge in [-0.15, -0.1) is 0 Å². The summed E-state index contributed by atoms with van der Waals surface area (Å²) >= 11 is 0. The Morgan fingerprint density at radius 2 is 0.885 bits per heavy atom. The number of rotatable bonds is 20. The van der Waals surface area contributed by atoms with Crippen LogP contribution in [0.15, 0.2) is 0 Å². The summed E-state index contributed by atoms with van der Waals surface area (Å²) in [6.07, 6.45) is 15.3. The molecule has 26 heavy (non-hydrogen) atoms. The van der Waals surface area contributed by atoms with Gasteiger partial charge in [-0.1, -0.05) is 92.4 Å². The first-order valence-electron chi connectivity index (χ1n) is 11.5. The van der Waals surface area contributed by atoms with Crippen LogP contribution in [-0.4, -0.2) is 25.8 Å². The van der Waals surface area contributed by atoms with Gasteiger partial charge in [0.1, 0.15) is 0 Å². The summed E-state index contributed by atoms with van der Waals surface area (Å²) in [6, 6.07) is 0. The van der Waals surface area contributed by atoms with Crippen molar-refractivity contribution in [3.05, 3.63) is 0 Å². The molecule has 0 N–H and O–H groups in total. The van der Waals surface area contributed by atoms with Gasteiger partial charge in [0.2, 0.25) is 0 Å². The molecule has 0 aromatic rings. The van der Waals surface area contributed by atoms with Gasteiger partial charge in [-0.25, -0.2) is 0 Å². The lowest BCUT2D eigenvalue weighted by Gasteiger charge is -2.35. The topological polar surface area (TPSA) is 27.7 Å². The van der Waals surface area contributed by atoms with Crippen LogP contribution in [0.25, 0.3) is 0 Å². The van der Waals surface area contributed by atoms with Crippen molar-refractivity contribution in [2.75, 3.05) is 19.8 Å². The van der Waals surface area contributed by atoms with Crippen molar-refractivity contribution >= 4 is 0 Å². The van der Waals surface area contributed by atoms with E-state index in [-0.39, 0.29) is 0 Å². The Morgan fingerprint density at radius 1 is 0.538 bits per heavy atom. The zero-order valence-corrected chi connectivity index (χ0v) is 18.6. The molecule has 0 fully saturated rings. The molecule has 0 radical (unpaired) electrons. The lowest BCUT2D eigenvalue weighted by Crippen LogP contribution is -2.41. The number of unbranched alkanes of at least 4 members (excludes halogenated alkanes) is 9. The zero-order chi connectivity index (χ0) is 19.5. The third kappa shape index (κ3) is 15.0. The number of hydrogen-bond acceptors (Lipinski definition) is 3. The van der Waals surface area contributed by atoms with Crippen LogP contribution in [0, 0.1) is 5.92 Å². The van der Waals surface area contributed by atoms with Crippen LogP contribution in [0.3, 0.4) is 0 Å². The molecule has 0 rings (SSSR count). The maximum Gasteiger partial charge on any atom is 0.283 e. The largest absolute Gasteiger partial charge is 0.327 e. The highest BCUT2D eigenvalue weighted by atomic mass is 16.9. The molecular weight excluding hydrogens is 324 g/mol. The van der Waals surface area contributed by atoms with Crippen molar-refractivity contribution in [1.29, 1.82) is 0 Å². The van der Waals surface area contributed by atoms with Gasteiger partial charge in [-0.2, -0.15) is 0 Å². The minimum absolute atomic E-state index is 0.483. The van der Waals surface area contributed by atoms with Crippen LogP contribution in [0.4, 0.5) is 0 Å². The van der Waals surface area contributed by atoms with E-state index < -0.39 is 5.97 Å². The summed E-state index contributed by atoms with van der Waals surface area (Å²) in [7, 11) is 0. The Labute approximate surface area is 164 Å². The molecule has 0 unspecified atom stereocenters. The van der Waals surface area contributed by atoms with E-state index in [1.54, 1.807) is 0 Å². The average molecular weight is 373 g/mol. The van der Waals surface area contributed by atoms with Crippen molar-refractivity contribution in [2.24, 2.45) is 5.92 Å². The highest BCUT2D eigenvalue weighted by Gasteiger charge is 2.34. The van der Waals surface area contributed by atoms with Crippen molar-refractivity contribution in [2.45, 2.75) is 124 Å². The summed E-state index contributed by atoms with van der Waals surface area (Å²) in [5, 5.41) is 0. The Hall–Kier alpha value is -0.120. The van der Waals surface area contributed by atoms with Gasteiger partial charge in [0.05, 0.1) is 19.8 Å². The van der Waals surface area contributed by atoms with Crippen molar-refractivity contribution in [3.8, 4) is 0 Å². The molecule has 0 saturated carbocycles. The van der Waals surface area contributed by atoms with Crippen LogP contribution in [0.1, 0.15) is 118 Å². The van der Waals surface area contributed by atoms with Gasteiger partial charge < -0.3 is 14.2 Å². The minimum Gasteiger partial charge on any atom is -0.327 e. The fourth-order valence-corrected chi connectivity index (χ4v) is 3.07. The van der Waals surface area contributed by atoms with Crippen molar-refractivity contribution in [1.82, 2.24) is 0 Å². The summed E-state index contributed by atoms with van der Waals surface area (Å²) < 4.78 is 18.8. The fourth-order valence-electron chi connectivity index (χ4n) is 3.07. The molecule has 0 aromatic heterocycles. The van der Waals surface area contributed by atoms with Gasteiger partial charge in [-0.05, 0) is 25.2 Å². The molecule has 158 valence electrons. The van der Waals surface area contributed by atoms with Crippen molar-refractivity contribution < 1.29 is 14.2 Å². The molecular formula is C23H48O3. The monoisotopic (exact) mass is 372 g/mol. The number of hydrogen-bond donors (Lipinski definition) is 0. The summed E-state index contributed by atoms with van der Waals surface area (Å²) in [6.45, 7) is 13.4. The van der Waals surface area contributed by atoms with Gasteiger partial charge in [0.25, 0.3) is 5.97 Å². The first kappa shape index (κ1) is 25.9. The normalized spacial score (nSPS) is 12.2. The second kappa shape index (κ2) is 18.3. The van der Waals surface area contributed by atoms with Crippen LogP contribution >= 0.6 is 0 Å². The van der Waals surface area contributed by atoms with E-state index >= 15 is 0 Å². The van der Waals surface area contributed by atoms with Crippen LogP contribution in [-0.2, 0) is 14.2 Å². The third-order valence-electron chi connectivity index (χ3n) is 4.62. The number of ether oxygens (including phenoxy) is 3. The lowest BCUT2D eigenvalue weighted by molar-refractivity contribution is -0.387. The summed E-state index contributed by atoms with van der Waals surface area (Å²) in [5.74, 6) is -0.351. The molecule has 0 aromatic carbocycles. The maximum atomic E-state index is 6.26. The lowest BCUT2D eigenvalue weighted by atomic mass is 10.1. The van der Waals surface area contributed by atoms with E-state index in [0.717, 1.165) is 45.5 Å². The summed E-state index contributed by atoms with van der Waals surface area (Å²) in [4.78, 5) is 0. The van der Waals surface area contributed by atoms with Gasteiger partial charge in [0.15, 0.2) is 0 Å². The highest BCUT2D eigenvalue weighted by molar-refractivity contribution is 4.63. The molecule has 0 bridgehead atoms. The summed E-state index contributed by atoms with van der Waals surface area (Å²) in [5.41, 5.74) is 0. The zero-order valence-electron chi connectivity index (χ0n) is 18.6. The van der Waals surface area contributed by atoms with Gasteiger partial charge >= 0.3 is 0 Å². The SMILES string of the molecule is CCCCCCOC(CC(C)C)(OCCCCCC)OCCCCCC. The third-order valence-corrected chi connectivity index (χ3v) is 4.62. The van der Waals surface area contributed by atoms with Crippen LogP contribution in [0.5, 0.6) is 0 Å². The van der Waals surface area contributed by atoms with Gasteiger partial charge in [0, 0.05) is 6.42 Å². The van der Waals surface area contributed by atoms with Gasteiger partial charge in [-0.3, -0.25) is 0 Å². The Kier molecular flexibility index (Phi) is 18.2. The smallest absolute Gasteiger partial charge is 0.283 e. The molecule has 3 nitrogen and oxygen atoms in total. The molecule has 0 aliphatic rings.